The molecule has 0 radical (unpaired) electrons. The minimum Gasteiger partial charge on any atom is -0.476 e. The first-order chi connectivity index (χ1) is 8.77. The number of carbonyl (C=O) groups is 1. The van der Waals surface area contributed by atoms with Gasteiger partial charge in [-0.2, -0.15) is 5.26 Å². The molecule has 1 spiro atoms. The largest absolute Gasteiger partial charge is 0.476 e. The Hall–Kier alpha value is -1.60. The third kappa shape index (κ3) is 1.58. The van der Waals surface area contributed by atoms with Crippen LogP contribution in [0.15, 0.2) is 23.1 Å². The summed E-state index contributed by atoms with van der Waals surface area (Å²) in [5.41, 5.74) is -0.526. The highest BCUT2D eigenvalue weighted by molar-refractivity contribution is 7.11. The predicted molar refractivity (Wildman–Crippen MR) is 68.8 cm³/mol. The van der Waals surface area contributed by atoms with E-state index in [2.05, 4.69) is 0 Å². The highest BCUT2D eigenvalue weighted by Crippen LogP contribution is 2.45. The third-order valence-electron chi connectivity index (χ3n) is 3.68. The fraction of sp³-hybridized carbons (Fsp3) is 0.429. The van der Waals surface area contributed by atoms with Crippen LogP contribution in [0.4, 0.5) is 0 Å². The summed E-state index contributed by atoms with van der Waals surface area (Å²) < 4.78 is 5.97. The molecule has 0 amide bonds. The summed E-state index contributed by atoms with van der Waals surface area (Å²) in [6, 6.07) is 5.84. The number of nitriles is 1. The van der Waals surface area contributed by atoms with Gasteiger partial charge in [0.05, 0.1) is 4.88 Å². The number of ketones is 1. The fourth-order valence-corrected chi connectivity index (χ4v) is 3.47. The van der Waals surface area contributed by atoms with Gasteiger partial charge in [-0.25, -0.2) is 0 Å². The Morgan fingerprint density at radius 1 is 1.33 bits per heavy atom. The Bertz CT molecular complexity index is 545. The lowest BCUT2D eigenvalue weighted by Crippen LogP contribution is -2.39. The van der Waals surface area contributed by atoms with Crippen LogP contribution in [0.25, 0.3) is 5.76 Å². The van der Waals surface area contributed by atoms with E-state index in [1.807, 2.05) is 23.6 Å². The first-order valence-corrected chi connectivity index (χ1v) is 7.07. The van der Waals surface area contributed by atoms with Crippen LogP contribution in [0.5, 0.6) is 0 Å². The summed E-state index contributed by atoms with van der Waals surface area (Å²) in [6.07, 6.45) is 4.64. The number of hydrogen-bond acceptors (Lipinski definition) is 4. The minimum atomic E-state index is -0.733. The highest BCUT2D eigenvalue weighted by Gasteiger charge is 2.50. The lowest BCUT2D eigenvalue weighted by Gasteiger charge is -2.31. The average Bonchev–Trinajstić information content (AvgIpc) is 3.00. The van der Waals surface area contributed by atoms with E-state index in [9.17, 15) is 10.1 Å². The fourth-order valence-electron chi connectivity index (χ4n) is 2.76. The topological polar surface area (TPSA) is 50.1 Å². The molecule has 3 nitrogen and oxygen atoms in total. The Morgan fingerprint density at radius 2 is 2.11 bits per heavy atom. The Balaban J connectivity index is 2.01. The monoisotopic (exact) mass is 259 g/mol. The SMILES string of the molecule is N#CC1=C(c2cccs2)OC2(CCCCC2)C1=O. The second-order valence-corrected chi connectivity index (χ2v) is 5.73. The molecule has 1 aromatic rings. The first kappa shape index (κ1) is 11.5. The summed E-state index contributed by atoms with van der Waals surface area (Å²) in [7, 11) is 0. The molecular weight excluding hydrogens is 246 g/mol. The Labute approximate surface area is 110 Å². The zero-order chi connectivity index (χ0) is 12.6. The summed E-state index contributed by atoms with van der Waals surface area (Å²) in [4.78, 5) is 13.3. The van der Waals surface area contributed by atoms with Gasteiger partial charge >= 0.3 is 0 Å². The molecule has 0 N–H and O–H groups in total. The van der Waals surface area contributed by atoms with Crippen molar-refractivity contribution in [2.24, 2.45) is 0 Å². The van der Waals surface area contributed by atoms with E-state index < -0.39 is 5.60 Å². The normalized spacial score (nSPS) is 22.1. The van der Waals surface area contributed by atoms with E-state index in [-0.39, 0.29) is 11.4 Å². The third-order valence-corrected chi connectivity index (χ3v) is 4.55. The molecule has 2 aliphatic rings. The lowest BCUT2D eigenvalue weighted by atomic mass is 9.81. The van der Waals surface area contributed by atoms with Crippen molar-refractivity contribution in [2.75, 3.05) is 0 Å². The van der Waals surface area contributed by atoms with Crippen molar-refractivity contribution in [1.29, 1.82) is 5.26 Å². The maximum absolute atomic E-state index is 12.4. The standard InChI is InChI=1S/C14H13NO2S/c15-9-10-12(11-5-4-8-18-11)17-14(13(10)16)6-2-1-3-7-14/h4-5,8H,1-3,6-7H2. The van der Waals surface area contributed by atoms with Crippen molar-refractivity contribution in [2.45, 2.75) is 37.7 Å². The van der Waals surface area contributed by atoms with Gasteiger partial charge in [0.15, 0.2) is 11.4 Å². The Morgan fingerprint density at radius 3 is 2.72 bits per heavy atom. The molecule has 1 aliphatic heterocycles. The van der Waals surface area contributed by atoms with Crippen LogP contribution in [0, 0.1) is 11.3 Å². The van der Waals surface area contributed by atoms with Crippen LogP contribution in [0.3, 0.4) is 0 Å². The Kier molecular flexibility index (Phi) is 2.71. The van der Waals surface area contributed by atoms with Crippen LogP contribution in [0.2, 0.25) is 0 Å². The van der Waals surface area contributed by atoms with E-state index in [0.717, 1.165) is 37.0 Å². The summed E-state index contributed by atoms with van der Waals surface area (Å²) >= 11 is 1.50. The van der Waals surface area contributed by atoms with E-state index >= 15 is 0 Å². The zero-order valence-electron chi connectivity index (χ0n) is 9.94. The smallest absolute Gasteiger partial charge is 0.220 e. The van der Waals surface area contributed by atoms with Gasteiger partial charge in [0.1, 0.15) is 11.6 Å². The lowest BCUT2D eigenvalue weighted by molar-refractivity contribution is -0.131. The molecule has 92 valence electrons. The first-order valence-electron chi connectivity index (χ1n) is 6.19. The van der Waals surface area contributed by atoms with Gasteiger partial charge in [-0.05, 0) is 37.1 Å². The minimum absolute atomic E-state index is 0.104. The molecule has 2 heterocycles. The number of thiophene rings is 1. The van der Waals surface area contributed by atoms with Crippen molar-refractivity contribution < 1.29 is 9.53 Å². The molecule has 1 aliphatic carbocycles. The number of hydrogen-bond donors (Lipinski definition) is 0. The summed E-state index contributed by atoms with van der Waals surface area (Å²) in [5, 5.41) is 11.1. The van der Waals surface area contributed by atoms with Crippen LogP contribution in [-0.4, -0.2) is 11.4 Å². The average molecular weight is 259 g/mol. The van der Waals surface area contributed by atoms with E-state index in [4.69, 9.17) is 4.74 Å². The van der Waals surface area contributed by atoms with Gasteiger partial charge in [0.25, 0.3) is 0 Å². The van der Waals surface area contributed by atoms with Crippen LogP contribution < -0.4 is 0 Å². The molecular formula is C14H13NO2S. The van der Waals surface area contributed by atoms with Crippen LogP contribution in [-0.2, 0) is 9.53 Å². The summed E-state index contributed by atoms with van der Waals surface area (Å²) in [5.74, 6) is 0.396. The van der Waals surface area contributed by atoms with Crippen molar-refractivity contribution in [3.63, 3.8) is 0 Å². The molecule has 1 saturated carbocycles. The number of rotatable bonds is 1. The van der Waals surface area contributed by atoms with Gasteiger partial charge in [-0.1, -0.05) is 12.5 Å². The van der Waals surface area contributed by atoms with Crippen molar-refractivity contribution in [3.05, 3.63) is 28.0 Å². The molecule has 4 heteroatoms. The van der Waals surface area contributed by atoms with E-state index in [1.165, 1.54) is 11.3 Å². The molecule has 1 fully saturated rings. The summed E-state index contributed by atoms with van der Waals surface area (Å²) in [6.45, 7) is 0. The van der Waals surface area contributed by atoms with Crippen LogP contribution in [0.1, 0.15) is 37.0 Å². The molecule has 0 bridgehead atoms. The van der Waals surface area contributed by atoms with Gasteiger partial charge < -0.3 is 4.74 Å². The maximum Gasteiger partial charge on any atom is 0.220 e. The molecule has 0 saturated heterocycles. The highest BCUT2D eigenvalue weighted by atomic mass is 32.1. The van der Waals surface area contributed by atoms with Gasteiger partial charge in [0.2, 0.25) is 5.78 Å². The second kappa shape index (κ2) is 4.25. The molecule has 0 atom stereocenters. The number of ether oxygens (including phenoxy) is 1. The van der Waals surface area contributed by atoms with Crippen molar-refractivity contribution >= 4 is 22.9 Å². The van der Waals surface area contributed by atoms with Crippen molar-refractivity contribution in [1.82, 2.24) is 0 Å². The zero-order valence-corrected chi connectivity index (χ0v) is 10.8. The van der Waals surface area contributed by atoms with Crippen LogP contribution >= 0.6 is 11.3 Å². The quantitative estimate of drug-likeness (QED) is 0.777. The number of nitrogens with zero attached hydrogens (tertiary/aromatic N) is 1. The number of Topliss-reactive ketones (excluding diaryl/α,β-unsaturated/α-hetero) is 1. The van der Waals surface area contributed by atoms with Gasteiger partial charge in [0, 0.05) is 0 Å². The molecule has 0 aromatic carbocycles. The van der Waals surface area contributed by atoms with Crippen molar-refractivity contribution in [3.8, 4) is 6.07 Å². The number of carbonyl (C=O) groups excluding carboxylic acids is 1. The molecule has 3 rings (SSSR count). The predicted octanol–water partition coefficient (Wildman–Crippen LogP) is 3.28. The van der Waals surface area contributed by atoms with E-state index in [0.29, 0.717) is 5.76 Å². The van der Waals surface area contributed by atoms with Gasteiger partial charge in [-0.3, -0.25) is 4.79 Å². The molecule has 18 heavy (non-hydrogen) atoms. The molecule has 0 unspecified atom stereocenters. The molecule has 1 aromatic heterocycles. The maximum atomic E-state index is 12.4. The van der Waals surface area contributed by atoms with E-state index in [1.54, 1.807) is 0 Å². The second-order valence-electron chi connectivity index (χ2n) is 4.78. The van der Waals surface area contributed by atoms with Gasteiger partial charge in [-0.15, -0.1) is 11.3 Å².